The molecule has 0 saturated carbocycles. The second-order valence-electron chi connectivity index (χ2n) is 9.47. The number of aromatic nitrogens is 5. The largest absolute Gasteiger partial charge is 0.435 e. The number of carbonyl (C=O) groups is 1. The average molecular weight is 517 g/mol. The van der Waals surface area contributed by atoms with Gasteiger partial charge in [0.2, 0.25) is 0 Å². The molecule has 0 aliphatic carbocycles. The highest BCUT2D eigenvalue weighted by Crippen LogP contribution is 2.41. The Morgan fingerprint density at radius 3 is 2.63 bits per heavy atom. The first kappa shape index (κ1) is 23.9. The second kappa shape index (κ2) is 8.83. The zero-order chi connectivity index (χ0) is 26.6. The van der Waals surface area contributed by atoms with E-state index in [-0.39, 0.29) is 11.5 Å². The molecule has 5 aromatic rings. The van der Waals surface area contributed by atoms with Crippen LogP contribution < -0.4 is 4.90 Å². The lowest BCUT2D eigenvalue weighted by Crippen LogP contribution is -2.38. The van der Waals surface area contributed by atoms with Gasteiger partial charge in [-0.25, -0.2) is 4.98 Å². The lowest BCUT2D eigenvalue weighted by molar-refractivity contribution is -0.140. The third kappa shape index (κ3) is 4.11. The summed E-state index contributed by atoms with van der Waals surface area (Å²) in [5.74, 6) is -0.259. The lowest BCUT2D eigenvalue weighted by atomic mass is 9.87. The van der Waals surface area contributed by atoms with Gasteiger partial charge < -0.3 is 9.47 Å². The minimum absolute atomic E-state index is 0.0326. The predicted octanol–water partition coefficient (Wildman–Crippen LogP) is 5.41. The van der Waals surface area contributed by atoms with Crippen molar-refractivity contribution in [2.45, 2.75) is 26.1 Å². The van der Waals surface area contributed by atoms with Gasteiger partial charge in [0, 0.05) is 60.9 Å². The Balaban J connectivity index is 1.52. The molecule has 7 nitrogen and oxygen atoms in total. The van der Waals surface area contributed by atoms with E-state index in [4.69, 9.17) is 0 Å². The van der Waals surface area contributed by atoms with E-state index in [1.807, 2.05) is 41.8 Å². The Morgan fingerprint density at radius 1 is 1.05 bits per heavy atom. The number of carbonyl (C=O) groups excluding carboxylic acids is 1. The number of benzene rings is 2. The summed E-state index contributed by atoms with van der Waals surface area (Å²) in [5, 5.41) is 4.55. The maximum absolute atomic E-state index is 14.0. The molecular formula is C28H23F3N6O. The van der Waals surface area contributed by atoms with E-state index in [0.717, 1.165) is 27.0 Å². The third-order valence-corrected chi connectivity index (χ3v) is 6.82. The first-order valence-corrected chi connectivity index (χ1v) is 12.1. The Bertz CT molecular complexity index is 1690. The molecule has 38 heavy (non-hydrogen) atoms. The molecule has 10 heteroatoms. The topological polar surface area (TPSA) is 68.8 Å². The SMILES string of the molecule is Cc1ccc2c(N3CCc4c(cc(Cn5ccnc5)cc4-c4cn(C)nc4C(F)(F)F)C3=O)cccc2n1. The number of nitrogens with zero attached hydrogens (tertiary/aromatic N) is 6. The van der Waals surface area contributed by atoms with E-state index in [0.29, 0.717) is 41.8 Å². The van der Waals surface area contributed by atoms with Gasteiger partial charge in [0.25, 0.3) is 5.91 Å². The third-order valence-electron chi connectivity index (χ3n) is 6.82. The molecule has 0 N–H and O–H groups in total. The van der Waals surface area contributed by atoms with Gasteiger partial charge in [-0.15, -0.1) is 0 Å². The summed E-state index contributed by atoms with van der Waals surface area (Å²) in [6, 6.07) is 13.0. The molecule has 0 bridgehead atoms. The van der Waals surface area contributed by atoms with Crippen molar-refractivity contribution in [3.8, 4) is 11.1 Å². The van der Waals surface area contributed by atoms with Crippen LogP contribution in [0.15, 0.2) is 67.4 Å². The van der Waals surface area contributed by atoms with Gasteiger partial charge >= 0.3 is 6.18 Å². The summed E-state index contributed by atoms with van der Waals surface area (Å²) >= 11 is 0. The van der Waals surface area contributed by atoms with E-state index < -0.39 is 11.9 Å². The van der Waals surface area contributed by atoms with Crippen molar-refractivity contribution >= 4 is 22.5 Å². The fourth-order valence-electron chi connectivity index (χ4n) is 5.19. The van der Waals surface area contributed by atoms with Crippen LogP contribution in [0.2, 0.25) is 0 Å². The van der Waals surface area contributed by atoms with Gasteiger partial charge in [0.1, 0.15) is 0 Å². The number of amides is 1. The van der Waals surface area contributed by atoms with Gasteiger partial charge in [0.15, 0.2) is 5.69 Å². The maximum atomic E-state index is 14.0. The molecule has 3 aromatic heterocycles. The van der Waals surface area contributed by atoms with Gasteiger partial charge in [-0.05, 0) is 66.4 Å². The van der Waals surface area contributed by atoms with Crippen LogP contribution in [0.4, 0.5) is 18.9 Å². The molecule has 1 aliphatic heterocycles. The Kier molecular flexibility index (Phi) is 5.55. The Morgan fingerprint density at radius 2 is 1.87 bits per heavy atom. The van der Waals surface area contributed by atoms with Crippen molar-refractivity contribution in [1.29, 1.82) is 0 Å². The zero-order valence-electron chi connectivity index (χ0n) is 20.7. The monoisotopic (exact) mass is 516 g/mol. The Hall–Kier alpha value is -4.47. The molecular weight excluding hydrogens is 493 g/mol. The smallest absolute Gasteiger partial charge is 0.333 e. The summed E-state index contributed by atoms with van der Waals surface area (Å²) in [6.07, 6.45) is 2.15. The molecule has 0 fully saturated rings. The molecule has 0 saturated heterocycles. The minimum Gasteiger partial charge on any atom is -0.333 e. The molecule has 0 spiro atoms. The first-order valence-electron chi connectivity index (χ1n) is 12.1. The van der Waals surface area contributed by atoms with Crippen LogP contribution in [0.25, 0.3) is 22.0 Å². The van der Waals surface area contributed by atoms with E-state index in [2.05, 4.69) is 15.1 Å². The number of aryl methyl sites for hydroxylation is 2. The van der Waals surface area contributed by atoms with Gasteiger partial charge in [-0.3, -0.25) is 14.5 Å². The quantitative estimate of drug-likeness (QED) is 0.320. The predicted molar refractivity (Wildman–Crippen MR) is 137 cm³/mol. The van der Waals surface area contributed by atoms with E-state index in [1.54, 1.807) is 35.8 Å². The molecule has 6 rings (SSSR count). The number of fused-ring (bicyclic) bond motifs is 2. The van der Waals surface area contributed by atoms with E-state index in [9.17, 15) is 18.0 Å². The molecule has 1 amide bonds. The van der Waals surface area contributed by atoms with Crippen LogP contribution in [0.1, 0.15) is 32.9 Å². The lowest BCUT2D eigenvalue weighted by Gasteiger charge is -2.31. The molecule has 0 atom stereocenters. The fourth-order valence-corrected chi connectivity index (χ4v) is 5.19. The van der Waals surface area contributed by atoms with E-state index >= 15 is 0 Å². The first-order chi connectivity index (χ1) is 18.2. The summed E-state index contributed by atoms with van der Waals surface area (Å²) < 4.78 is 44.8. The highest BCUT2D eigenvalue weighted by Gasteiger charge is 2.39. The molecule has 192 valence electrons. The summed E-state index contributed by atoms with van der Waals surface area (Å²) in [7, 11) is 1.46. The zero-order valence-corrected chi connectivity index (χ0v) is 20.7. The molecule has 0 unspecified atom stereocenters. The van der Waals surface area contributed by atoms with Crippen molar-refractivity contribution in [1.82, 2.24) is 24.3 Å². The highest BCUT2D eigenvalue weighted by atomic mass is 19.4. The summed E-state index contributed by atoms with van der Waals surface area (Å²) in [4.78, 5) is 24.3. The van der Waals surface area contributed by atoms with Crippen LogP contribution >= 0.6 is 0 Å². The fraction of sp³-hybridized carbons (Fsp3) is 0.214. The normalized spacial score (nSPS) is 13.8. The minimum atomic E-state index is -4.64. The number of hydrogen-bond donors (Lipinski definition) is 0. The van der Waals surface area contributed by atoms with Crippen LogP contribution in [-0.4, -0.2) is 36.8 Å². The van der Waals surface area contributed by atoms with Crippen molar-refractivity contribution in [2.75, 3.05) is 11.4 Å². The van der Waals surface area contributed by atoms with Crippen LogP contribution in [-0.2, 0) is 26.2 Å². The van der Waals surface area contributed by atoms with Crippen molar-refractivity contribution < 1.29 is 18.0 Å². The second-order valence-corrected chi connectivity index (χ2v) is 9.47. The van der Waals surface area contributed by atoms with Crippen LogP contribution in [0.3, 0.4) is 0 Å². The molecule has 1 aliphatic rings. The van der Waals surface area contributed by atoms with Crippen molar-refractivity contribution in [3.05, 3.63) is 95.5 Å². The average Bonchev–Trinajstić information content (AvgIpc) is 3.53. The number of pyridine rings is 1. The summed E-state index contributed by atoms with van der Waals surface area (Å²) in [5.41, 5.74) is 3.43. The number of anilines is 1. The molecule has 4 heterocycles. The van der Waals surface area contributed by atoms with Crippen LogP contribution in [0, 0.1) is 6.92 Å². The van der Waals surface area contributed by atoms with Gasteiger partial charge in [0.05, 0.1) is 17.5 Å². The standard InChI is InChI=1S/C28H23F3N6O/c1-17-6-7-20-24(33-17)4-3-5-25(20)37-10-8-19-21(23-15-35(2)34-26(23)28(29,30)31)12-18(13-22(19)27(37)38)14-36-11-9-32-16-36/h3-7,9,11-13,15-16H,8,10,14H2,1-2H3. The van der Waals surface area contributed by atoms with E-state index in [1.165, 1.54) is 13.2 Å². The number of alkyl halides is 3. The molecule has 0 radical (unpaired) electrons. The maximum Gasteiger partial charge on any atom is 0.435 e. The molecule has 2 aromatic carbocycles. The van der Waals surface area contributed by atoms with Gasteiger partial charge in [-0.2, -0.15) is 18.3 Å². The number of hydrogen-bond acceptors (Lipinski definition) is 4. The highest BCUT2D eigenvalue weighted by molar-refractivity contribution is 6.13. The van der Waals surface area contributed by atoms with Gasteiger partial charge in [-0.1, -0.05) is 6.07 Å². The van der Waals surface area contributed by atoms with Crippen LogP contribution in [0.5, 0.6) is 0 Å². The summed E-state index contributed by atoms with van der Waals surface area (Å²) in [6.45, 7) is 2.59. The number of imidazole rings is 1. The van der Waals surface area contributed by atoms with Crippen molar-refractivity contribution in [3.63, 3.8) is 0 Å². The number of halogens is 3. The Labute approximate surface area is 216 Å². The van der Waals surface area contributed by atoms with Crippen molar-refractivity contribution in [2.24, 2.45) is 7.05 Å². The number of rotatable bonds is 4.